The third-order valence-corrected chi connectivity index (χ3v) is 6.54. The van der Waals surface area contributed by atoms with Crippen LogP contribution in [0.3, 0.4) is 0 Å². The van der Waals surface area contributed by atoms with Gasteiger partial charge in [-0.3, -0.25) is 9.80 Å². The van der Waals surface area contributed by atoms with Crippen LogP contribution in [-0.2, 0) is 9.84 Å². The summed E-state index contributed by atoms with van der Waals surface area (Å²) in [5.74, 6) is 1.40. The maximum atomic E-state index is 11.6. The number of sulfone groups is 1. The van der Waals surface area contributed by atoms with E-state index in [-0.39, 0.29) is 12.6 Å². The number of aliphatic hydroxyl groups excluding tert-OH is 1. The molecule has 0 unspecified atom stereocenters. The van der Waals surface area contributed by atoms with Gasteiger partial charge in [-0.15, -0.1) is 0 Å². The number of nitrogens with zero attached hydrogens (tertiary/aromatic N) is 2. The van der Waals surface area contributed by atoms with Gasteiger partial charge in [-0.2, -0.15) is 0 Å². The summed E-state index contributed by atoms with van der Waals surface area (Å²) in [5.41, 5.74) is 0. The van der Waals surface area contributed by atoms with E-state index < -0.39 is 15.9 Å². The molecule has 24 heavy (non-hydrogen) atoms. The lowest BCUT2D eigenvalue weighted by Gasteiger charge is -2.38. The van der Waals surface area contributed by atoms with Crippen molar-refractivity contribution >= 4 is 9.84 Å². The van der Waals surface area contributed by atoms with Crippen molar-refractivity contribution in [3.8, 4) is 5.75 Å². The first-order valence-electron chi connectivity index (χ1n) is 8.54. The van der Waals surface area contributed by atoms with Crippen LogP contribution >= 0.6 is 0 Å². The van der Waals surface area contributed by atoms with Crippen molar-refractivity contribution < 1.29 is 18.3 Å². The molecule has 0 aliphatic carbocycles. The largest absolute Gasteiger partial charge is 0.491 e. The molecule has 134 valence electrons. The Hall–Kier alpha value is -1.15. The molecule has 1 aromatic rings. The highest BCUT2D eigenvalue weighted by Gasteiger charge is 2.33. The van der Waals surface area contributed by atoms with Gasteiger partial charge in [0.2, 0.25) is 0 Å². The molecule has 2 atom stereocenters. The van der Waals surface area contributed by atoms with E-state index in [2.05, 4.69) is 9.80 Å². The molecule has 0 saturated carbocycles. The second-order valence-electron chi connectivity index (χ2n) is 6.67. The van der Waals surface area contributed by atoms with Crippen LogP contribution in [0.15, 0.2) is 30.3 Å². The van der Waals surface area contributed by atoms with Crippen LogP contribution < -0.4 is 4.74 Å². The molecular formula is C17H26N2O4S. The van der Waals surface area contributed by atoms with Gasteiger partial charge >= 0.3 is 0 Å². The number of ether oxygens (including phenoxy) is 1. The lowest BCUT2D eigenvalue weighted by atomic mass is 10.2. The maximum absolute atomic E-state index is 11.6. The molecule has 2 heterocycles. The fraction of sp³-hybridized carbons (Fsp3) is 0.647. The minimum absolute atomic E-state index is 0.184. The molecule has 7 heteroatoms. The fourth-order valence-corrected chi connectivity index (χ4v) is 5.20. The van der Waals surface area contributed by atoms with Crippen molar-refractivity contribution in [3.05, 3.63) is 30.3 Å². The molecule has 0 spiro atoms. The Labute approximate surface area is 143 Å². The van der Waals surface area contributed by atoms with Crippen molar-refractivity contribution in [3.63, 3.8) is 0 Å². The second-order valence-corrected chi connectivity index (χ2v) is 8.90. The van der Waals surface area contributed by atoms with Crippen molar-refractivity contribution in [1.29, 1.82) is 0 Å². The van der Waals surface area contributed by atoms with Gasteiger partial charge < -0.3 is 9.84 Å². The Bertz CT molecular complexity index is 615. The van der Waals surface area contributed by atoms with E-state index in [9.17, 15) is 13.5 Å². The summed E-state index contributed by atoms with van der Waals surface area (Å²) in [6.07, 6.45) is 0.235. The highest BCUT2D eigenvalue weighted by molar-refractivity contribution is 7.91. The van der Waals surface area contributed by atoms with Crippen LogP contribution in [0.5, 0.6) is 5.75 Å². The van der Waals surface area contributed by atoms with Gasteiger partial charge in [-0.05, 0) is 18.6 Å². The lowest BCUT2D eigenvalue weighted by molar-refractivity contribution is 0.0389. The topological polar surface area (TPSA) is 70.1 Å². The van der Waals surface area contributed by atoms with Gasteiger partial charge in [-0.25, -0.2) is 8.42 Å². The lowest BCUT2D eigenvalue weighted by Crippen LogP contribution is -2.52. The molecule has 2 aliphatic rings. The summed E-state index contributed by atoms with van der Waals surface area (Å²) in [6, 6.07) is 9.68. The van der Waals surface area contributed by atoms with Crippen LogP contribution in [-0.4, -0.2) is 86.3 Å². The Morgan fingerprint density at radius 1 is 1.17 bits per heavy atom. The summed E-state index contributed by atoms with van der Waals surface area (Å²) in [6.45, 7) is 4.32. The Balaban J connectivity index is 1.37. The predicted octanol–water partition coefficient (Wildman–Crippen LogP) is 0.231. The van der Waals surface area contributed by atoms with E-state index in [1.54, 1.807) is 0 Å². The number of aliphatic hydroxyl groups is 1. The van der Waals surface area contributed by atoms with Crippen LogP contribution in [0.2, 0.25) is 0 Å². The number of para-hydroxylation sites is 1. The van der Waals surface area contributed by atoms with Crippen molar-refractivity contribution in [2.75, 3.05) is 50.8 Å². The normalized spacial score (nSPS) is 26.3. The highest BCUT2D eigenvalue weighted by atomic mass is 32.2. The third-order valence-electron chi connectivity index (χ3n) is 4.79. The van der Waals surface area contributed by atoms with Gasteiger partial charge in [0.1, 0.15) is 18.5 Å². The van der Waals surface area contributed by atoms with E-state index >= 15 is 0 Å². The summed E-state index contributed by atoms with van der Waals surface area (Å²) in [4.78, 5) is 4.51. The average molecular weight is 354 g/mol. The van der Waals surface area contributed by atoms with Gasteiger partial charge in [0.15, 0.2) is 9.84 Å². The number of hydrogen-bond acceptors (Lipinski definition) is 6. The molecular weight excluding hydrogens is 328 g/mol. The third kappa shape index (κ3) is 4.92. The smallest absolute Gasteiger partial charge is 0.151 e. The van der Waals surface area contributed by atoms with Gasteiger partial charge in [0, 0.05) is 38.8 Å². The van der Waals surface area contributed by atoms with Gasteiger partial charge in [0.05, 0.1) is 11.5 Å². The second kappa shape index (κ2) is 7.82. The molecule has 0 bridgehead atoms. The molecule has 2 aliphatic heterocycles. The summed E-state index contributed by atoms with van der Waals surface area (Å²) < 4.78 is 28.8. The molecule has 6 nitrogen and oxygen atoms in total. The monoisotopic (exact) mass is 354 g/mol. The summed E-state index contributed by atoms with van der Waals surface area (Å²) in [7, 11) is -2.82. The van der Waals surface area contributed by atoms with Crippen LogP contribution in [0.25, 0.3) is 0 Å². The number of benzene rings is 1. The van der Waals surface area contributed by atoms with E-state index in [4.69, 9.17) is 4.74 Å². The zero-order valence-corrected chi connectivity index (χ0v) is 14.7. The van der Waals surface area contributed by atoms with Crippen LogP contribution in [0.4, 0.5) is 0 Å². The Kier molecular flexibility index (Phi) is 5.76. The number of hydrogen-bond donors (Lipinski definition) is 1. The zero-order chi connectivity index (χ0) is 17.0. The Morgan fingerprint density at radius 2 is 1.88 bits per heavy atom. The number of rotatable bonds is 6. The Morgan fingerprint density at radius 3 is 2.50 bits per heavy atom. The van der Waals surface area contributed by atoms with E-state index in [1.807, 2.05) is 30.3 Å². The molecule has 0 radical (unpaired) electrons. The van der Waals surface area contributed by atoms with Crippen LogP contribution in [0.1, 0.15) is 6.42 Å². The number of piperazine rings is 1. The summed E-state index contributed by atoms with van der Waals surface area (Å²) >= 11 is 0. The minimum atomic E-state index is -2.82. The SMILES string of the molecule is O=S1(=O)CC[C@H](N2CCN(C[C@@H](O)COc3ccccc3)CC2)C1. The predicted molar refractivity (Wildman–Crippen MR) is 93.0 cm³/mol. The molecule has 0 aromatic heterocycles. The zero-order valence-electron chi connectivity index (χ0n) is 13.9. The molecule has 3 rings (SSSR count). The maximum Gasteiger partial charge on any atom is 0.151 e. The summed E-state index contributed by atoms with van der Waals surface area (Å²) in [5, 5.41) is 10.1. The van der Waals surface area contributed by atoms with Crippen molar-refractivity contribution in [2.24, 2.45) is 0 Å². The first-order valence-corrected chi connectivity index (χ1v) is 10.4. The van der Waals surface area contributed by atoms with Crippen molar-refractivity contribution in [2.45, 2.75) is 18.6 Å². The molecule has 2 saturated heterocycles. The molecule has 1 aromatic carbocycles. The quantitative estimate of drug-likeness (QED) is 0.789. The minimum Gasteiger partial charge on any atom is -0.491 e. The van der Waals surface area contributed by atoms with Crippen LogP contribution in [0, 0.1) is 0 Å². The highest BCUT2D eigenvalue weighted by Crippen LogP contribution is 2.19. The molecule has 1 N–H and O–H groups in total. The van der Waals surface area contributed by atoms with E-state index in [0.29, 0.717) is 18.1 Å². The van der Waals surface area contributed by atoms with Crippen molar-refractivity contribution in [1.82, 2.24) is 9.80 Å². The first kappa shape index (κ1) is 17.7. The van der Waals surface area contributed by atoms with E-state index in [1.165, 1.54) is 0 Å². The van der Waals surface area contributed by atoms with Gasteiger partial charge in [0.25, 0.3) is 0 Å². The fourth-order valence-electron chi connectivity index (χ4n) is 3.43. The average Bonchev–Trinajstić information content (AvgIpc) is 2.95. The standard InChI is InChI=1S/C17H26N2O4S/c20-16(13-23-17-4-2-1-3-5-17)12-18-7-9-19(10-8-18)15-6-11-24(21,22)14-15/h1-5,15-16,20H,6-14H2/t15-,16+/m0/s1. The number of β-amino-alcohol motifs (C(OH)–C–C–N with tert-alkyl or cyclic N) is 1. The molecule has 0 amide bonds. The first-order chi connectivity index (χ1) is 11.5. The van der Waals surface area contributed by atoms with E-state index in [0.717, 1.165) is 38.3 Å². The van der Waals surface area contributed by atoms with Gasteiger partial charge in [-0.1, -0.05) is 18.2 Å². The molecule has 2 fully saturated rings.